The SMILES string of the molecule is CCCN(CC(=O)O)CC(=O)Nc1ccccc1OC. The summed E-state index contributed by atoms with van der Waals surface area (Å²) in [7, 11) is 1.53. The van der Waals surface area contributed by atoms with E-state index in [2.05, 4.69) is 5.32 Å². The lowest BCUT2D eigenvalue weighted by atomic mass is 10.3. The number of carboxylic acids is 1. The maximum absolute atomic E-state index is 11.9. The molecular weight excluding hydrogens is 260 g/mol. The third-order valence-electron chi connectivity index (χ3n) is 2.65. The Kier molecular flexibility index (Phi) is 6.52. The van der Waals surface area contributed by atoms with Crippen molar-refractivity contribution in [2.24, 2.45) is 0 Å². The predicted octanol–water partition coefficient (Wildman–Crippen LogP) is 1.43. The van der Waals surface area contributed by atoms with Gasteiger partial charge in [0.1, 0.15) is 5.75 Å². The summed E-state index contributed by atoms with van der Waals surface area (Å²) in [6.45, 7) is 2.39. The summed E-state index contributed by atoms with van der Waals surface area (Å²) >= 11 is 0. The number of carbonyl (C=O) groups excluding carboxylic acids is 1. The molecule has 20 heavy (non-hydrogen) atoms. The van der Waals surface area contributed by atoms with Crippen LogP contribution in [0.15, 0.2) is 24.3 Å². The van der Waals surface area contributed by atoms with Gasteiger partial charge in [-0.25, -0.2) is 0 Å². The van der Waals surface area contributed by atoms with Gasteiger partial charge in [0, 0.05) is 0 Å². The van der Waals surface area contributed by atoms with E-state index in [0.717, 1.165) is 6.42 Å². The molecule has 6 heteroatoms. The molecule has 0 bridgehead atoms. The normalized spacial score (nSPS) is 10.3. The highest BCUT2D eigenvalue weighted by atomic mass is 16.5. The van der Waals surface area contributed by atoms with Gasteiger partial charge in [-0.3, -0.25) is 14.5 Å². The smallest absolute Gasteiger partial charge is 0.317 e. The van der Waals surface area contributed by atoms with Gasteiger partial charge in [0.05, 0.1) is 25.9 Å². The van der Waals surface area contributed by atoms with Gasteiger partial charge < -0.3 is 15.2 Å². The number of carboxylic acid groups (broad SMARTS) is 1. The highest BCUT2D eigenvalue weighted by Crippen LogP contribution is 2.22. The van der Waals surface area contributed by atoms with E-state index in [9.17, 15) is 9.59 Å². The maximum atomic E-state index is 11.9. The minimum absolute atomic E-state index is 0.0399. The highest BCUT2D eigenvalue weighted by Gasteiger charge is 2.14. The van der Waals surface area contributed by atoms with Gasteiger partial charge in [-0.05, 0) is 25.1 Å². The number of amides is 1. The summed E-state index contributed by atoms with van der Waals surface area (Å²) in [4.78, 5) is 24.3. The van der Waals surface area contributed by atoms with Gasteiger partial charge >= 0.3 is 5.97 Å². The second-order valence-corrected chi connectivity index (χ2v) is 4.35. The number of hydrogen-bond acceptors (Lipinski definition) is 4. The first-order chi connectivity index (χ1) is 9.56. The van der Waals surface area contributed by atoms with Crippen molar-refractivity contribution in [1.29, 1.82) is 0 Å². The van der Waals surface area contributed by atoms with E-state index < -0.39 is 5.97 Å². The lowest BCUT2D eigenvalue weighted by molar-refractivity contribution is -0.138. The summed E-state index contributed by atoms with van der Waals surface area (Å²) < 4.78 is 5.14. The van der Waals surface area contributed by atoms with Crippen molar-refractivity contribution in [3.05, 3.63) is 24.3 Å². The topological polar surface area (TPSA) is 78.9 Å². The van der Waals surface area contributed by atoms with Crippen LogP contribution in [0.4, 0.5) is 5.69 Å². The molecule has 0 saturated carbocycles. The first-order valence-electron chi connectivity index (χ1n) is 6.43. The molecule has 0 radical (unpaired) electrons. The first-order valence-corrected chi connectivity index (χ1v) is 6.43. The van der Waals surface area contributed by atoms with Crippen molar-refractivity contribution in [3.63, 3.8) is 0 Å². The molecule has 110 valence electrons. The number of methoxy groups -OCH3 is 1. The van der Waals surface area contributed by atoms with E-state index in [0.29, 0.717) is 18.0 Å². The van der Waals surface area contributed by atoms with Crippen LogP contribution in [-0.4, -0.2) is 48.6 Å². The first kappa shape index (κ1) is 16.0. The lowest BCUT2D eigenvalue weighted by Gasteiger charge is -2.19. The van der Waals surface area contributed by atoms with E-state index in [-0.39, 0.29) is 19.0 Å². The number of hydrogen-bond donors (Lipinski definition) is 2. The zero-order valence-corrected chi connectivity index (χ0v) is 11.8. The van der Waals surface area contributed by atoms with E-state index in [1.807, 2.05) is 13.0 Å². The van der Waals surface area contributed by atoms with Crippen LogP contribution in [0.25, 0.3) is 0 Å². The molecule has 1 aromatic rings. The highest BCUT2D eigenvalue weighted by molar-refractivity contribution is 5.93. The molecule has 6 nitrogen and oxygen atoms in total. The fraction of sp³-hybridized carbons (Fsp3) is 0.429. The molecule has 2 N–H and O–H groups in total. The maximum Gasteiger partial charge on any atom is 0.317 e. The molecule has 1 rings (SSSR count). The van der Waals surface area contributed by atoms with E-state index in [4.69, 9.17) is 9.84 Å². The van der Waals surface area contributed by atoms with Gasteiger partial charge in [-0.1, -0.05) is 19.1 Å². The van der Waals surface area contributed by atoms with Crippen molar-refractivity contribution < 1.29 is 19.4 Å². The van der Waals surface area contributed by atoms with Crippen LogP contribution in [-0.2, 0) is 9.59 Å². The minimum Gasteiger partial charge on any atom is -0.495 e. The minimum atomic E-state index is -0.941. The van der Waals surface area contributed by atoms with E-state index in [1.54, 1.807) is 23.1 Å². The Morgan fingerprint density at radius 1 is 1.30 bits per heavy atom. The van der Waals surface area contributed by atoms with Gasteiger partial charge in [-0.2, -0.15) is 0 Å². The van der Waals surface area contributed by atoms with Crippen LogP contribution < -0.4 is 10.1 Å². The lowest BCUT2D eigenvalue weighted by Crippen LogP contribution is -2.37. The van der Waals surface area contributed by atoms with Gasteiger partial charge in [0.15, 0.2) is 0 Å². The third kappa shape index (κ3) is 5.27. The van der Waals surface area contributed by atoms with Crippen molar-refractivity contribution >= 4 is 17.6 Å². The fourth-order valence-corrected chi connectivity index (χ4v) is 1.86. The molecule has 1 amide bonds. The molecule has 1 aromatic carbocycles. The van der Waals surface area contributed by atoms with Crippen molar-refractivity contribution in [2.45, 2.75) is 13.3 Å². The number of rotatable bonds is 8. The van der Waals surface area contributed by atoms with E-state index in [1.165, 1.54) is 7.11 Å². The standard InChI is InChI=1S/C14H20N2O4/c1-3-8-16(10-14(18)19)9-13(17)15-11-6-4-5-7-12(11)20-2/h4-7H,3,8-10H2,1-2H3,(H,15,17)(H,18,19). The molecule has 0 heterocycles. The Balaban J connectivity index is 2.62. The second-order valence-electron chi connectivity index (χ2n) is 4.35. The number of benzene rings is 1. The van der Waals surface area contributed by atoms with Crippen LogP contribution >= 0.6 is 0 Å². The zero-order chi connectivity index (χ0) is 15.0. The Morgan fingerprint density at radius 2 is 2.00 bits per heavy atom. The van der Waals surface area contributed by atoms with Crippen molar-refractivity contribution in [1.82, 2.24) is 4.90 Å². The Hall–Kier alpha value is -2.08. The van der Waals surface area contributed by atoms with Gasteiger partial charge in [0.25, 0.3) is 0 Å². The number of ether oxygens (including phenoxy) is 1. The quantitative estimate of drug-likeness (QED) is 0.753. The summed E-state index contributed by atoms with van der Waals surface area (Å²) in [5, 5.41) is 11.5. The number of nitrogens with one attached hydrogen (secondary N) is 1. The molecule has 0 unspecified atom stereocenters. The number of aliphatic carboxylic acids is 1. The summed E-state index contributed by atoms with van der Waals surface area (Å²) in [5.41, 5.74) is 0.576. The monoisotopic (exact) mass is 280 g/mol. The zero-order valence-electron chi connectivity index (χ0n) is 11.8. The number of nitrogens with zero attached hydrogens (tertiary/aromatic N) is 1. The molecule has 0 aliphatic carbocycles. The van der Waals surface area contributed by atoms with Crippen LogP contribution in [0.2, 0.25) is 0 Å². The predicted molar refractivity (Wildman–Crippen MR) is 76.0 cm³/mol. The molecule has 0 saturated heterocycles. The second kappa shape index (κ2) is 8.16. The summed E-state index contributed by atoms with van der Waals surface area (Å²) in [6.07, 6.45) is 0.787. The van der Waals surface area contributed by atoms with E-state index >= 15 is 0 Å². The van der Waals surface area contributed by atoms with Crippen molar-refractivity contribution in [2.75, 3.05) is 32.1 Å². The molecule has 0 aromatic heterocycles. The molecule has 0 spiro atoms. The average molecular weight is 280 g/mol. The molecular formula is C14H20N2O4. The van der Waals surface area contributed by atoms with Crippen LogP contribution in [0.3, 0.4) is 0 Å². The molecule has 0 fully saturated rings. The van der Waals surface area contributed by atoms with Gasteiger partial charge in [-0.15, -0.1) is 0 Å². The average Bonchev–Trinajstić information content (AvgIpc) is 2.38. The Bertz CT molecular complexity index is 462. The molecule has 0 aliphatic heterocycles. The molecule has 0 atom stereocenters. The summed E-state index contributed by atoms with van der Waals surface area (Å²) in [5.74, 6) is -0.631. The number of para-hydroxylation sites is 2. The summed E-state index contributed by atoms with van der Waals surface area (Å²) in [6, 6.07) is 7.08. The van der Waals surface area contributed by atoms with Crippen LogP contribution in [0.5, 0.6) is 5.75 Å². The largest absolute Gasteiger partial charge is 0.495 e. The molecule has 0 aliphatic rings. The fourth-order valence-electron chi connectivity index (χ4n) is 1.86. The van der Waals surface area contributed by atoms with Crippen LogP contribution in [0, 0.1) is 0 Å². The Morgan fingerprint density at radius 3 is 2.60 bits per heavy atom. The number of anilines is 1. The Labute approximate surface area is 118 Å². The van der Waals surface area contributed by atoms with Crippen molar-refractivity contribution in [3.8, 4) is 5.75 Å². The van der Waals surface area contributed by atoms with Gasteiger partial charge in [0.2, 0.25) is 5.91 Å². The van der Waals surface area contributed by atoms with Crippen LogP contribution in [0.1, 0.15) is 13.3 Å². The number of carbonyl (C=O) groups is 2. The third-order valence-corrected chi connectivity index (χ3v) is 2.65.